The molecule has 2 atom stereocenters. The van der Waals surface area contributed by atoms with E-state index in [1.807, 2.05) is 42.6 Å². The van der Waals surface area contributed by atoms with Crippen LogP contribution in [0.25, 0.3) is 5.69 Å². The van der Waals surface area contributed by atoms with E-state index in [0.717, 1.165) is 38.7 Å². The van der Waals surface area contributed by atoms with Crippen molar-refractivity contribution in [1.29, 1.82) is 0 Å². The van der Waals surface area contributed by atoms with Crippen LogP contribution < -0.4 is 15.0 Å². The number of benzene rings is 2. The number of hydrogen-bond donors (Lipinski definition) is 1. The molecule has 5 rings (SSSR count). The predicted octanol–water partition coefficient (Wildman–Crippen LogP) is 6.44. The van der Waals surface area contributed by atoms with Crippen LogP contribution in [0.1, 0.15) is 34.7 Å². The Morgan fingerprint density at radius 2 is 1.76 bits per heavy atom. The first-order chi connectivity index (χ1) is 16.5. The largest absolute Gasteiger partial charge is 0.497 e. The second kappa shape index (κ2) is 9.24. The Morgan fingerprint density at radius 1 is 0.971 bits per heavy atom. The van der Waals surface area contributed by atoms with Gasteiger partial charge in [0, 0.05) is 39.5 Å². The zero-order chi connectivity index (χ0) is 23.8. The Labute approximate surface area is 213 Å². The molecule has 4 aromatic rings. The Morgan fingerprint density at radius 3 is 2.47 bits per heavy atom. The molecule has 0 saturated carbocycles. The molecule has 1 N–H and O–H groups in total. The maximum absolute atomic E-state index is 5.87. The van der Waals surface area contributed by atoms with Gasteiger partial charge in [0.2, 0.25) is 0 Å². The SMILES string of the molecule is COc1cccc(-n2c(C)cc([C@@H]3[C@H](c4ccccn4)NC(=S)N3c3ccc(Br)cc3)c2C)c1. The van der Waals surface area contributed by atoms with Crippen molar-refractivity contribution in [2.45, 2.75) is 25.9 Å². The van der Waals surface area contributed by atoms with Crippen LogP contribution in [0, 0.1) is 13.8 Å². The molecule has 0 radical (unpaired) electrons. The third-order valence-electron chi connectivity index (χ3n) is 6.30. The van der Waals surface area contributed by atoms with E-state index in [1.165, 1.54) is 5.56 Å². The second-order valence-electron chi connectivity index (χ2n) is 8.34. The summed E-state index contributed by atoms with van der Waals surface area (Å²) in [4.78, 5) is 6.88. The van der Waals surface area contributed by atoms with Gasteiger partial charge in [0.05, 0.1) is 24.9 Å². The van der Waals surface area contributed by atoms with Gasteiger partial charge in [-0.1, -0.05) is 28.1 Å². The molecule has 0 amide bonds. The standard InChI is InChI=1S/C27H25BrN4OS/c1-17-15-23(18(2)31(17)21-7-6-8-22(16-21)33-3)26-25(24-9-4-5-14-29-24)30-27(34)32(26)20-12-10-19(28)11-13-20/h4-16,25-26H,1-3H3,(H,30,34)/t25-,26+/m0/s1. The van der Waals surface area contributed by atoms with Crippen LogP contribution in [-0.4, -0.2) is 21.8 Å². The smallest absolute Gasteiger partial charge is 0.174 e. The van der Waals surface area contributed by atoms with Crippen LogP contribution in [0.3, 0.4) is 0 Å². The molecule has 3 heterocycles. The Bertz CT molecular complexity index is 1340. The first-order valence-electron chi connectivity index (χ1n) is 11.1. The van der Waals surface area contributed by atoms with Gasteiger partial charge in [-0.05, 0) is 86.2 Å². The van der Waals surface area contributed by atoms with Crippen LogP contribution >= 0.6 is 28.1 Å². The predicted molar refractivity (Wildman–Crippen MR) is 144 cm³/mol. The van der Waals surface area contributed by atoms with Crippen LogP contribution in [-0.2, 0) is 0 Å². The van der Waals surface area contributed by atoms with Crippen molar-refractivity contribution in [3.8, 4) is 11.4 Å². The van der Waals surface area contributed by atoms with Gasteiger partial charge >= 0.3 is 0 Å². The number of halogens is 1. The maximum atomic E-state index is 5.87. The van der Waals surface area contributed by atoms with Crippen LogP contribution in [0.15, 0.2) is 83.5 Å². The van der Waals surface area contributed by atoms with Gasteiger partial charge in [0.15, 0.2) is 5.11 Å². The molecule has 1 saturated heterocycles. The maximum Gasteiger partial charge on any atom is 0.174 e. The summed E-state index contributed by atoms with van der Waals surface area (Å²) in [6.07, 6.45) is 1.83. The zero-order valence-electron chi connectivity index (χ0n) is 19.2. The summed E-state index contributed by atoms with van der Waals surface area (Å²) in [7, 11) is 1.69. The molecule has 0 aliphatic carbocycles. The monoisotopic (exact) mass is 532 g/mol. The number of thiocarbonyl (C=S) groups is 1. The fourth-order valence-corrected chi connectivity index (χ4v) is 5.39. The van der Waals surface area contributed by atoms with E-state index in [4.69, 9.17) is 17.0 Å². The van der Waals surface area contributed by atoms with Gasteiger partial charge in [-0.25, -0.2) is 0 Å². The van der Waals surface area contributed by atoms with Gasteiger partial charge in [-0.3, -0.25) is 4.98 Å². The molecule has 0 bridgehead atoms. The van der Waals surface area contributed by atoms with Crippen molar-refractivity contribution in [2.24, 2.45) is 0 Å². The summed E-state index contributed by atoms with van der Waals surface area (Å²) >= 11 is 9.42. The number of ether oxygens (including phenoxy) is 1. The average molecular weight is 533 g/mol. The van der Waals surface area contributed by atoms with Crippen molar-refractivity contribution in [2.75, 3.05) is 12.0 Å². The number of nitrogens with one attached hydrogen (secondary N) is 1. The van der Waals surface area contributed by atoms with Crippen LogP contribution in [0.2, 0.25) is 0 Å². The molecule has 2 aromatic carbocycles. The lowest BCUT2D eigenvalue weighted by Crippen LogP contribution is -2.29. The molecule has 7 heteroatoms. The van der Waals surface area contributed by atoms with Gasteiger partial charge in [0.25, 0.3) is 0 Å². The molecule has 1 aliphatic rings. The van der Waals surface area contributed by atoms with E-state index in [-0.39, 0.29) is 12.1 Å². The van der Waals surface area contributed by atoms with Crippen molar-refractivity contribution in [3.63, 3.8) is 0 Å². The molecular formula is C27H25BrN4OS. The molecule has 1 fully saturated rings. The van der Waals surface area contributed by atoms with Gasteiger partial charge in [0.1, 0.15) is 5.75 Å². The number of pyridine rings is 1. The van der Waals surface area contributed by atoms with E-state index in [1.54, 1.807) is 7.11 Å². The number of nitrogens with zero attached hydrogens (tertiary/aromatic N) is 3. The number of methoxy groups -OCH3 is 1. The van der Waals surface area contributed by atoms with E-state index in [2.05, 4.69) is 85.9 Å². The quantitative estimate of drug-likeness (QED) is 0.299. The third kappa shape index (κ3) is 3.99. The zero-order valence-corrected chi connectivity index (χ0v) is 21.6. The molecule has 0 spiro atoms. The summed E-state index contributed by atoms with van der Waals surface area (Å²) in [6, 6.07) is 24.5. The van der Waals surface area contributed by atoms with Gasteiger partial charge in [-0.15, -0.1) is 0 Å². The number of aromatic nitrogens is 2. The van der Waals surface area contributed by atoms with Crippen LogP contribution in [0.5, 0.6) is 5.75 Å². The minimum Gasteiger partial charge on any atom is -0.497 e. The Hall–Kier alpha value is -3.16. The highest BCUT2D eigenvalue weighted by molar-refractivity contribution is 9.10. The van der Waals surface area contributed by atoms with Crippen molar-refractivity contribution >= 4 is 38.9 Å². The van der Waals surface area contributed by atoms with E-state index >= 15 is 0 Å². The average Bonchev–Trinajstić information content (AvgIpc) is 3.35. The molecule has 5 nitrogen and oxygen atoms in total. The summed E-state index contributed by atoms with van der Waals surface area (Å²) in [5.41, 5.74) is 6.57. The highest BCUT2D eigenvalue weighted by Crippen LogP contribution is 2.44. The molecule has 172 valence electrons. The lowest BCUT2D eigenvalue weighted by Gasteiger charge is -2.28. The van der Waals surface area contributed by atoms with Crippen molar-refractivity contribution in [3.05, 3.63) is 106 Å². The van der Waals surface area contributed by atoms with Crippen LogP contribution in [0.4, 0.5) is 5.69 Å². The number of rotatable bonds is 5. The summed E-state index contributed by atoms with van der Waals surface area (Å²) in [5.74, 6) is 0.832. The third-order valence-corrected chi connectivity index (χ3v) is 7.15. The highest BCUT2D eigenvalue weighted by atomic mass is 79.9. The van der Waals surface area contributed by atoms with E-state index < -0.39 is 0 Å². The molecule has 34 heavy (non-hydrogen) atoms. The molecular weight excluding hydrogens is 508 g/mol. The normalized spacial score (nSPS) is 17.6. The summed E-state index contributed by atoms with van der Waals surface area (Å²) < 4.78 is 8.78. The number of aryl methyl sites for hydroxylation is 1. The van der Waals surface area contributed by atoms with E-state index in [0.29, 0.717) is 5.11 Å². The Balaban J connectivity index is 1.67. The highest BCUT2D eigenvalue weighted by Gasteiger charge is 2.42. The number of hydrogen-bond acceptors (Lipinski definition) is 3. The minimum absolute atomic E-state index is 0.0610. The van der Waals surface area contributed by atoms with Crippen molar-refractivity contribution in [1.82, 2.24) is 14.9 Å². The van der Waals surface area contributed by atoms with Crippen molar-refractivity contribution < 1.29 is 4.74 Å². The second-order valence-corrected chi connectivity index (χ2v) is 9.64. The molecule has 2 aromatic heterocycles. The molecule has 0 unspecified atom stereocenters. The first-order valence-corrected chi connectivity index (χ1v) is 12.3. The first kappa shape index (κ1) is 22.6. The number of anilines is 1. The topological polar surface area (TPSA) is 42.3 Å². The minimum atomic E-state index is -0.0865. The van der Waals surface area contributed by atoms with Gasteiger partial charge in [-0.2, -0.15) is 0 Å². The fourth-order valence-electron chi connectivity index (χ4n) is 4.78. The molecule has 1 aliphatic heterocycles. The summed E-state index contributed by atoms with van der Waals surface area (Å²) in [5, 5.41) is 4.24. The summed E-state index contributed by atoms with van der Waals surface area (Å²) in [6.45, 7) is 4.30. The van der Waals surface area contributed by atoms with E-state index in [9.17, 15) is 0 Å². The Kier molecular flexibility index (Phi) is 6.15. The lowest BCUT2D eigenvalue weighted by atomic mass is 9.96. The lowest BCUT2D eigenvalue weighted by molar-refractivity contribution is 0.414. The fraction of sp³-hybridized carbons (Fsp3) is 0.185. The van der Waals surface area contributed by atoms with Gasteiger partial charge < -0.3 is 19.5 Å².